The number of likely N-dealkylation sites (tertiary alicyclic amines) is 1. The topological polar surface area (TPSA) is 83.7 Å². The minimum Gasteiger partial charge on any atom is -0.339 e. The summed E-state index contributed by atoms with van der Waals surface area (Å²) in [6.45, 7) is 9.61. The van der Waals surface area contributed by atoms with Crippen LogP contribution in [0.1, 0.15) is 49.5 Å². The predicted octanol–water partition coefficient (Wildman–Crippen LogP) is 2.22. The third-order valence-corrected chi connectivity index (χ3v) is 7.40. The van der Waals surface area contributed by atoms with E-state index >= 15 is 0 Å². The number of amides is 1. The molecule has 0 aliphatic carbocycles. The first-order valence-electron chi connectivity index (χ1n) is 9.38. The Morgan fingerprint density at radius 2 is 1.85 bits per heavy atom. The number of hydrogen-bond acceptors (Lipinski definition) is 4. The zero-order chi connectivity index (χ0) is 19.5. The van der Waals surface area contributed by atoms with Gasteiger partial charge >= 0.3 is 0 Å². The monoisotopic (exact) mass is 381 g/mol. The Bertz CT molecular complexity index is 734. The second-order valence-corrected chi connectivity index (χ2v) is 8.99. The third-order valence-electron chi connectivity index (χ3n) is 5.35. The SMILES string of the molecule is CCN(CC)S(=O)(=O)c1ccc(C)c(C(=O)N2CCC(C(C)N)CC2)c1. The van der Waals surface area contributed by atoms with Gasteiger partial charge in [0.2, 0.25) is 10.0 Å². The maximum atomic E-state index is 13.0. The van der Waals surface area contributed by atoms with Gasteiger partial charge in [0, 0.05) is 37.8 Å². The van der Waals surface area contributed by atoms with Gasteiger partial charge in [0.15, 0.2) is 0 Å². The minimum atomic E-state index is -3.58. The second kappa shape index (κ2) is 8.50. The lowest BCUT2D eigenvalue weighted by atomic mass is 9.90. The lowest BCUT2D eigenvalue weighted by Gasteiger charge is -2.34. The number of carbonyl (C=O) groups excluding carboxylic acids is 1. The van der Waals surface area contributed by atoms with Crippen LogP contribution in [0, 0.1) is 12.8 Å². The predicted molar refractivity (Wildman–Crippen MR) is 104 cm³/mol. The average molecular weight is 382 g/mol. The van der Waals surface area contributed by atoms with Crippen LogP contribution in [0.2, 0.25) is 0 Å². The molecule has 1 heterocycles. The molecule has 1 atom stereocenters. The van der Waals surface area contributed by atoms with Crippen molar-refractivity contribution in [3.63, 3.8) is 0 Å². The maximum absolute atomic E-state index is 13.0. The molecule has 1 aromatic rings. The van der Waals surface area contributed by atoms with Crippen LogP contribution in [-0.2, 0) is 10.0 Å². The normalized spacial score (nSPS) is 17.5. The van der Waals surface area contributed by atoms with Gasteiger partial charge in [-0.15, -0.1) is 0 Å². The number of carbonyl (C=O) groups is 1. The zero-order valence-electron chi connectivity index (χ0n) is 16.2. The first-order chi connectivity index (χ1) is 12.2. The highest BCUT2D eigenvalue weighted by atomic mass is 32.2. The number of aryl methyl sites for hydroxylation is 1. The van der Waals surface area contributed by atoms with Gasteiger partial charge in [0.05, 0.1) is 4.90 Å². The van der Waals surface area contributed by atoms with E-state index in [1.54, 1.807) is 12.1 Å². The Morgan fingerprint density at radius 3 is 2.35 bits per heavy atom. The fourth-order valence-corrected chi connectivity index (χ4v) is 4.99. The number of piperidine rings is 1. The highest BCUT2D eigenvalue weighted by molar-refractivity contribution is 7.89. The molecule has 0 radical (unpaired) electrons. The van der Waals surface area contributed by atoms with Crippen LogP contribution in [-0.4, -0.2) is 55.8 Å². The van der Waals surface area contributed by atoms with Crippen LogP contribution in [0.4, 0.5) is 0 Å². The number of rotatable bonds is 6. The Kier molecular flexibility index (Phi) is 6.82. The largest absolute Gasteiger partial charge is 0.339 e. The molecule has 1 aliphatic rings. The van der Waals surface area contributed by atoms with Crippen molar-refractivity contribution >= 4 is 15.9 Å². The van der Waals surface area contributed by atoms with E-state index in [4.69, 9.17) is 5.73 Å². The summed E-state index contributed by atoms with van der Waals surface area (Å²) in [6, 6.07) is 4.97. The summed E-state index contributed by atoms with van der Waals surface area (Å²) < 4.78 is 26.9. The van der Waals surface area contributed by atoms with E-state index in [-0.39, 0.29) is 16.8 Å². The minimum absolute atomic E-state index is 0.0952. The number of hydrogen-bond donors (Lipinski definition) is 1. The first-order valence-corrected chi connectivity index (χ1v) is 10.8. The van der Waals surface area contributed by atoms with Gasteiger partial charge in [-0.05, 0) is 50.3 Å². The first kappa shape index (κ1) is 20.9. The number of benzene rings is 1. The van der Waals surface area contributed by atoms with E-state index in [2.05, 4.69) is 0 Å². The molecular weight excluding hydrogens is 350 g/mol. The van der Waals surface area contributed by atoms with Crippen LogP contribution < -0.4 is 5.73 Å². The smallest absolute Gasteiger partial charge is 0.254 e. The van der Waals surface area contributed by atoms with Crippen molar-refractivity contribution < 1.29 is 13.2 Å². The molecule has 2 N–H and O–H groups in total. The van der Waals surface area contributed by atoms with E-state index in [1.807, 2.05) is 32.6 Å². The van der Waals surface area contributed by atoms with E-state index in [0.29, 0.717) is 37.7 Å². The van der Waals surface area contributed by atoms with Gasteiger partial charge in [-0.3, -0.25) is 4.79 Å². The van der Waals surface area contributed by atoms with E-state index in [1.165, 1.54) is 10.4 Å². The molecular formula is C19H31N3O3S. The third kappa shape index (κ3) is 4.27. The summed E-state index contributed by atoms with van der Waals surface area (Å²) in [7, 11) is -3.58. The molecule has 1 aromatic carbocycles. The van der Waals surface area contributed by atoms with Gasteiger partial charge < -0.3 is 10.6 Å². The second-order valence-electron chi connectivity index (χ2n) is 7.05. The van der Waals surface area contributed by atoms with Crippen molar-refractivity contribution in [2.24, 2.45) is 11.7 Å². The molecule has 1 fully saturated rings. The lowest BCUT2D eigenvalue weighted by Crippen LogP contribution is -2.42. The molecule has 0 bridgehead atoms. The van der Waals surface area contributed by atoms with Crippen LogP contribution in [0.5, 0.6) is 0 Å². The average Bonchev–Trinajstić information content (AvgIpc) is 2.62. The van der Waals surface area contributed by atoms with Gasteiger partial charge in [0.1, 0.15) is 0 Å². The van der Waals surface area contributed by atoms with Crippen LogP contribution >= 0.6 is 0 Å². The van der Waals surface area contributed by atoms with Crippen molar-refractivity contribution in [1.29, 1.82) is 0 Å². The Morgan fingerprint density at radius 1 is 1.27 bits per heavy atom. The van der Waals surface area contributed by atoms with E-state index in [0.717, 1.165) is 18.4 Å². The molecule has 0 saturated carbocycles. The number of nitrogens with zero attached hydrogens (tertiary/aromatic N) is 2. The van der Waals surface area contributed by atoms with Gasteiger partial charge in [-0.1, -0.05) is 19.9 Å². The van der Waals surface area contributed by atoms with Gasteiger partial charge in [0.25, 0.3) is 5.91 Å². The molecule has 0 aromatic heterocycles. The van der Waals surface area contributed by atoms with Crippen molar-refractivity contribution in [3.05, 3.63) is 29.3 Å². The molecule has 1 saturated heterocycles. The van der Waals surface area contributed by atoms with Crippen LogP contribution in [0.15, 0.2) is 23.1 Å². The molecule has 0 spiro atoms. The summed E-state index contributed by atoms with van der Waals surface area (Å²) in [6.07, 6.45) is 1.78. The van der Waals surface area contributed by atoms with Crippen molar-refractivity contribution in [1.82, 2.24) is 9.21 Å². The summed E-state index contributed by atoms with van der Waals surface area (Å²) in [4.78, 5) is 15.0. The zero-order valence-corrected chi connectivity index (χ0v) is 17.1. The number of sulfonamides is 1. The fraction of sp³-hybridized carbons (Fsp3) is 0.632. The summed E-state index contributed by atoms with van der Waals surface area (Å²) in [5.74, 6) is 0.344. The number of nitrogens with two attached hydrogens (primary N) is 1. The highest BCUT2D eigenvalue weighted by Gasteiger charge is 2.28. The van der Waals surface area contributed by atoms with E-state index < -0.39 is 10.0 Å². The summed E-state index contributed by atoms with van der Waals surface area (Å²) in [5.41, 5.74) is 7.24. The van der Waals surface area contributed by atoms with Crippen molar-refractivity contribution in [2.75, 3.05) is 26.2 Å². The van der Waals surface area contributed by atoms with Crippen LogP contribution in [0.3, 0.4) is 0 Å². The van der Waals surface area contributed by atoms with Crippen molar-refractivity contribution in [2.45, 2.75) is 51.5 Å². The summed E-state index contributed by atoms with van der Waals surface area (Å²) in [5, 5.41) is 0. The lowest BCUT2D eigenvalue weighted by molar-refractivity contribution is 0.0680. The molecule has 1 amide bonds. The molecule has 6 nitrogen and oxygen atoms in total. The maximum Gasteiger partial charge on any atom is 0.254 e. The molecule has 2 rings (SSSR count). The van der Waals surface area contributed by atoms with Gasteiger partial charge in [-0.25, -0.2) is 8.42 Å². The quantitative estimate of drug-likeness (QED) is 0.819. The van der Waals surface area contributed by atoms with Crippen molar-refractivity contribution in [3.8, 4) is 0 Å². The molecule has 1 unspecified atom stereocenters. The summed E-state index contributed by atoms with van der Waals surface area (Å²) >= 11 is 0. The Labute approximate surface area is 157 Å². The van der Waals surface area contributed by atoms with Gasteiger partial charge in [-0.2, -0.15) is 4.31 Å². The Balaban J connectivity index is 2.26. The highest BCUT2D eigenvalue weighted by Crippen LogP contribution is 2.24. The molecule has 146 valence electrons. The van der Waals surface area contributed by atoms with E-state index in [9.17, 15) is 13.2 Å². The molecule has 7 heteroatoms. The molecule has 26 heavy (non-hydrogen) atoms. The standard InChI is InChI=1S/C19H31N3O3S/c1-5-22(6-2)26(24,25)17-8-7-14(3)18(13-17)19(23)21-11-9-16(10-12-21)15(4)20/h7-8,13,15-16H,5-6,9-12,20H2,1-4H3. The molecule has 1 aliphatic heterocycles. The Hall–Kier alpha value is -1.44. The fourth-order valence-electron chi connectivity index (χ4n) is 3.50. The van der Waals surface area contributed by atoms with Crippen LogP contribution in [0.25, 0.3) is 0 Å².